The van der Waals surface area contributed by atoms with Crippen LogP contribution in [-0.2, 0) is 33.7 Å². The summed E-state index contributed by atoms with van der Waals surface area (Å²) in [5, 5.41) is 0. The van der Waals surface area contributed by atoms with Gasteiger partial charge in [-0.05, 0) is 12.8 Å². The second-order valence-electron chi connectivity index (χ2n) is 2.67. The zero-order valence-electron chi connectivity index (χ0n) is 9.36. The van der Waals surface area contributed by atoms with Crippen molar-refractivity contribution in [3.63, 3.8) is 0 Å². The summed E-state index contributed by atoms with van der Waals surface area (Å²) >= 11 is 8.26. The van der Waals surface area contributed by atoms with Crippen molar-refractivity contribution < 1.29 is 21.1 Å². The van der Waals surface area contributed by atoms with Gasteiger partial charge in [0.1, 0.15) is 0 Å². The molecule has 0 spiro atoms. The van der Waals surface area contributed by atoms with Crippen LogP contribution in [0.4, 0.5) is 0 Å². The monoisotopic (exact) mass is 368 g/mol. The van der Waals surface area contributed by atoms with E-state index in [2.05, 4.69) is 44.4 Å². The average molecular weight is 366 g/mol. The molecule has 0 aromatic rings. The minimum atomic E-state index is 0. The molecule has 0 bridgehead atoms. The van der Waals surface area contributed by atoms with Gasteiger partial charge in [0.05, 0.1) is 0 Å². The van der Waals surface area contributed by atoms with Crippen molar-refractivity contribution in [3.8, 4) is 0 Å². The Labute approximate surface area is 128 Å². The van der Waals surface area contributed by atoms with Gasteiger partial charge in [0.25, 0.3) is 0 Å². The molecule has 0 unspecified atom stereocenters. The van der Waals surface area contributed by atoms with Crippen LogP contribution in [0.3, 0.4) is 0 Å². The van der Waals surface area contributed by atoms with Crippen molar-refractivity contribution in [1.29, 1.82) is 0 Å². The van der Waals surface area contributed by atoms with Crippen LogP contribution in [0.5, 0.6) is 0 Å². The normalized spacial score (nSPS) is 8.40. The van der Waals surface area contributed by atoms with E-state index in [-0.39, 0.29) is 25.4 Å². The molecule has 0 aromatic carbocycles. The minimum Gasteiger partial charge on any atom is -0.415 e. The molecule has 0 amide bonds. The van der Waals surface area contributed by atoms with Crippen LogP contribution in [0.15, 0.2) is 0 Å². The molecule has 15 heavy (non-hydrogen) atoms. The van der Waals surface area contributed by atoms with E-state index in [1.165, 1.54) is 37.2 Å². The molecule has 0 aliphatic heterocycles. The molecule has 6 heteroatoms. The molecule has 0 aliphatic rings. The maximum absolute atomic E-state index is 4.66. The van der Waals surface area contributed by atoms with Gasteiger partial charge in [0, 0.05) is 32.6 Å². The molecule has 0 fully saturated rings. The molecule has 0 saturated carbocycles. The molecule has 0 saturated heterocycles. The molecule has 0 atom stereocenters. The van der Waals surface area contributed by atoms with Crippen molar-refractivity contribution >= 4 is 50.8 Å². The largest absolute Gasteiger partial charge is 0.415 e. The van der Waals surface area contributed by atoms with Gasteiger partial charge >= 0.3 is 0 Å². The second-order valence-corrected chi connectivity index (χ2v) is 6.51. The standard InChI is InChI=1S/C8H18S2.CH3NS2.Mo/c1-3-5-7-9-10-8-6-4-2;2-1(3)4;/h3-8H2,1-2H3;(H3,2,3,4);/p-1. The van der Waals surface area contributed by atoms with E-state index in [9.17, 15) is 0 Å². The maximum Gasteiger partial charge on any atom is 0.00368 e. The summed E-state index contributed by atoms with van der Waals surface area (Å²) in [6.45, 7) is 4.49. The van der Waals surface area contributed by atoms with E-state index in [1.54, 1.807) is 0 Å². The van der Waals surface area contributed by atoms with Crippen LogP contribution in [0.2, 0.25) is 0 Å². The van der Waals surface area contributed by atoms with E-state index in [0.717, 1.165) is 0 Å². The van der Waals surface area contributed by atoms with Crippen molar-refractivity contribution in [3.05, 3.63) is 0 Å². The third-order valence-electron chi connectivity index (χ3n) is 1.25. The van der Waals surface area contributed by atoms with Crippen molar-refractivity contribution in [2.24, 2.45) is 5.73 Å². The third kappa shape index (κ3) is 39.1. The van der Waals surface area contributed by atoms with Crippen molar-refractivity contribution in [2.75, 3.05) is 11.5 Å². The molecule has 92 valence electrons. The van der Waals surface area contributed by atoms with E-state index in [1.807, 2.05) is 21.6 Å². The number of rotatable bonds is 7. The predicted octanol–water partition coefficient (Wildman–Crippen LogP) is 3.74. The average Bonchev–Trinajstić information content (AvgIpc) is 2.10. The number of thiocarbonyl (C=S) groups is 1. The van der Waals surface area contributed by atoms with E-state index in [4.69, 9.17) is 0 Å². The van der Waals surface area contributed by atoms with E-state index in [0.29, 0.717) is 0 Å². The first-order valence-corrected chi connectivity index (χ1v) is 8.16. The first-order chi connectivity index (χ1) is 6.65. The van der Waals surface area contributed by atoms with Crippen LogP contribution in [0.25, 0.3) is 0 Å². The number of unbranched alkanes of at least 4 members (excludes halogenated alkanes) is 2. The molecule has 1 nitrogen and oxygen atoms in total. The quantitative estimate of drug-likeness (QED) is 0.243. The molecule has 0 rings (SSSR count). The van der Waals surface area contributed by atoms with Crippen LogP contribution in [-0.4, -0.2) is 15.8 Å². The number of hydrogen-bond acceptors (Lipinski definition) is 4. The summed E-state index contributed by atoms with van der Waals surface area (Å²) in [4.78, 5) is 0. The Bertz CT molecular complexity index is 113. The second kappa shape index (κ2) is 20.9. The van der Waals surface area contributed by atoms with Crippen molar-refractivity contribution in [1.82, 2.24) is 0 Å². The van der Waals surface area contributed by atoms with Gasteiger partial charge in [0.15, 0.2) is 0 Å². The van der Waals surface area contributed by atoms with Gasteiger partial charge in [-0.15, -0.1) is 0 Å². The van der Waals surface area contributed by atoms with Gasteiger partial charge < -0.3 is 30.6 Å². The Hall–Kier alpha value is 1.50. The summed E-state index contributed by atoms with van der Waals surface area (Å²) in [6.07, 6.45) is 5.43. The fourth-order valence-corrected chi connectivity index (χ4v) is 2.99. The molecule has 0 aromatic heterocycles. The number of nitrogens with two attached hydrogens (primary N) is 1. The predicted molar refractivity (Wildman–Crippen MR) is 78.9 cm³/mol. The fraction of sp³-hybridized carbons (Fsp3) is 0.889. The Balaban J connectivity index is -0.000000249. The van der Waals surface area contributed by atoms with E-state index < -0.39 is 0 Å². The van der Waals surface area contributed by atoms with Gasteiger partial charge in [-0.3, -0.25) is 0 Å². The fourth-order valence-electron chi connectivity index (χ4n) is 0.524. The SMILES string of the molecule is CCCCSSCCCC.NC(=S)[S-].[Mo]. The zero-order valence-corrected chi connectivity index (χ0v) is 14.6. The Morgan fingerprint density at radius 2 is 1.40 bits per heavy atom. The van der Waals surface area contributed by atoms with Gasteiger partial charge in [0.2, 0.25) is 0 Å². The topological polar surface area (TPSA) is 26.0 Å². The smallest absolute Gasteiger partial charge is 0.00368 e. The first kappa shape index (κ1) is 21.7. The van der Waals surface area contributed by atoms with Crippen LogP contribution in [0.1, 0.15) is 39.5 Å². The molecule has 2 N–H and O–H groups in total. The molecular formula is C9H20MoNS4-. The van der Waals surface area contributed by atoms with Gasteiger partial charge in [-0.2, -0.15) is 0 Å². The maximum atomic E-state index is 4.66. The molecular weight excluding hydrogens is 346 g/mol. The third-order valence-corrected chi connectivity index (χ3v) is 3.82. The zero-order chi connectivity index (χ0) is 11.2. The summed E-state index contributed by atoms with van der Waals surface area (Å²) in [5.41, 5.74) is 4.66. The van der Waals surface area contributed by atoms with Crippen LogP contribution in [0, 0.1) is 0 Å². The first-order valence-electron chi connectivity index (χ1n) is 4.86. The summed E-state index contributed by atoms with van der Waals surface area (Å²) < 4.78 is 0.0833. The van der Waals surface area contributed by atoms with Crippen molar-refractivity contribution in [2.45, 2.75) is 39.5 Å². The molecule has 0 aliphatic carbocycles. The van der Waals surface area contributed by atoms with Crippen LogP contribution < -0.4 is 5.73 Å². The Kier molecular flexibility index (Phi) is 30.2. The molecule has 0 radical (unpaired) electrons. The summed E-state index contributed by atoms with van der Waals surface area (Å²) in [5.74, 6) is 2.68. The van der Waals surface area contributed by atoms with E-state index >= 15 is 0 Å². The minimum absolute atomic E-state index is 0. The molecule has 0 heterocycles. The van der Waals surface area contributed by atoms with Crippen LogP contribution >= 0.6 is 33.8 Å². The summed E-state index contributed by atoms with van der Waals surface area (Å²) in [7, 11) is 4.07. The van der Waals surface area contributed by atoms with Gasteiger partial charge in [-0.1, -0.05) is 52.6 Å². The Morgan fingerprint density at radius 1 is 1.13 bits per heavy atom. The van der Waals surface area contributed by atoms with Gasteiger partial charge in [-0.25, -0.2) is 0 Å². The summed E-state index contributed by atoms with van der Waals surface area (Å²) in [6, 6.07) is 0. The number of hydrogen-bond donors (Lipinski definition) is 1. The Morgan fingerprint density at radius 3 is 1.60 bits per heavy atom.